The molecule has 0 amide bonds. The number of ether oxygens (including phenoxy) is 2. The summed E-state index contributed by atoms with van der Waals surface area (Å²) in [6, 6.07) is 2.01. The highest BCUT2D eigenvalue weighted by atomic mass is 35.5. The fourth-order valence-corrected chi connectivity index (χ4v) is 1.66. The zero-order valence-corrected chi connectivity index (χ0v) is 12.1. The van der Waals surface area contributed by atoms with Crippen molar-refractivity contribution in [3.05, 3.63) is 23.7 Å². The average molecular weight is 295 g/mol. The number of halogens is 1. The lowest BCUT2D eigenvalue weighted by molar-refractivity contribution is 0.291. The molecule has 2 aromatic rings. The van der Waals surface area contributed by atoms with E-state index in [9.17, 15) is 0 Å². The maximum atomic E-state index is 5.89. The van der Waals surface area contributed by atoms with E-state index in [0.717, 1.165) is 6.42 Å². The molecule has 0 bridgehead atoms. The number of rotatable bonds is 6. The van der Waals surface area contributed by atoms with E-state index in [1.54, 1.807) is 18.5 Å². The van der Waals surface area contributed by atoms with Crippen molar-refractivity contribution in [1.29, 1.82) is 0 Å². The second kappa shape index (κ2) is 7.00. The molecule has 0 saturated carbocycles. The van der Waals surface area contributed by atoms with Crippen molar-refractivity contribution >= 4 is 11.6 Å². The van der Waals surface area contributed by atoms with Gasteiger partial charge in [0.2, 0.25) is 5.28 Å². The first-order valence-electron chi connectivity index (χ1n) is 6.35. The molecule has 0 aliphatic rings. The summed E-state index contributed by atoms with van der Waals surface area (Å²) in [5.41, 5.74) is 0.696. The Morgan fingerprint density at radius 2 is 1.95 bits per heavy atom. The Morgan fingerprint density at radius 1 is 1.10 bits per heavy atom. The largest absolute Gasteiger partial charge is 0.492 e. The van der Waals surface area contributed by atoms with Gasteiger partial charge in [0.15, 0.2) is 5.82 Å². The normalized spacial score (nSPS) is 10.3. The molecule has 0 saturated heterocycles. The highest BCUT2D eigenvalue weighted by Crippen LogP contribution is 2.22. The van der Waals surface area contributed by atoms with Crippen LogP contribution < -0.4 is 9.47 Å². The molecule has 0 aromatic carbocycles. The molecule has 20 heavy (non-hydrogen) atoms. The molecule has 2 aromatic heterocycles. The Labute approximate surface area is 122 Å². The van der Waals surface area contributed by atoms with Gasteiger partial charge in [0, 0.05) is 11.8 Å². The second-order valence-corrected chi connectivity index (χ2v) is 4.24. The summed E-state index contributed by atoms with van der Waals surface area (Å²) in [6.45, 7) is 4.99. The number of hydrogen-bond donors (Lipinski definition) is 0. The van der Waals surface area contributed by atoms with Crippen LogP contribution in [0.15, 0.2) is 18.5 Å². The number of pyridine rings is 1. The molecule has 0 aliphatic carbocycles. The van der Waals surface area contributed by atoms with Gasteiger partial charge >= 0.3 is 6.01 Å². The van der Waals surface area contributed by atoms with Crippen LogP contribution in [0, 0.1) is 0 Å². The van der Waals surface area contributed by atoms with Crippen LogP contribution in [0.4, 0.5) is 0 Å². The van der Waals surface area contributed by atoms with Gasteiger partial charge in [-0.15, -0.1) is 0 Å². The van der Waals surface area contributed by atoms with Crippen molar-refractivity contribution < 1.29 is 9.47 Å². The maximum absolute atomic E-state index is 5.89. The summed E-state index contributed by atoms with van der Waals surface area (Å²) < 4.78 is 10.8. The Balaban J connectivity index is 2.31. The first kappa shape index (κ1) is 14.5. The molecule has 0 fully saturated rings. The van der Waals surface area contributed by atoms with Gasteiger partial charge < -0.3 is 9.47 Å². The zero-order chi connectivity index (χ0) is 14.4. The summed E-state index contributed by atoms with van der Waals surface area (Å²) in [5, 5.41) is 0.0860. The first-order valence-corrected chi connectivity index (χ1v) is 6.73. The van der Waals surface area contributed by atoms with E-state index < -0.39 is 0 Å². The van der Waals surface area contributed by atoms with Crippen LogP contribution in [0.2, 0.25) is 5.28 Å². The predicted octanol–water partition coefficient (Wildman–Crippen LogP) is 2.77. The smallest absolute Gasteiger partial charge is 0.321 e. The van der Waals surface area contributed by atoms with Gasteiger partial charge in [0.05, 0.1) is 19.4 Å². The van der Waals surface area contributed by atoms with Gasteiger partial charge in [-0.05, 0) is 31.0 Å². The molecule has 7 heteroatoms. The van der Waals surface area contributed by atoms with E-state index in [1.807, 2.05) is 13.8 Å². The van der Waals surface area contributed by atoms with Crippen molar-refractivity contribution in [2.75, 3.05) is 13.2 Å². The zero-order valence-electron chi connectivity index (χ0n) is 11.3. The predicted molar refractivity (Wildman–Crippen MR) is 75.0 cm³/mol. The minimum Gasteiger partial charge on any atom is -0.492 e. The topological polar surface area (TPSA) is 70.0 Å². The number of nitrogens with zero attached hydrogens (tertiary/aromatic N) is 4. The molecule has 0 aliphatic heterocycles. The van der Waals surface area contributed by atoms with Crippen LogP contribution >= 0.6 is 11.6 Å². The highest BCUT2D eigenvalue weighted by molar-refractivity contribution is 6.28. The van der Waals surface area contributed by atoms with Crippen LogP contribution in [0.5, 0.6) is 11.8 Å². The quantitative estimate of drug-likeness (QED) is 0.816. The third-order valence-electron chi connectivity index (χ3n) is 2.31. The molecule has 106 valence electrons. The van der Waals surface area contributed by atoms with Crippen molar-refractivity contribution in [3.8, 4) is 23.1 Å². The third kappa shape index (κ3) is 3.77. The van der Waals surface area contributed by atoms with E-state index in [1.165, 1.54) is 0 Å². The molecular formula is C13H15ClN4O2. The summed E-state index contributed by atoms with van der Waals surface area (Å²) in [6.07, 6.45) is 4.13. The SMILES string of the molecule is CCCOc1nc(Cl)nc(-c2cncc(OCC)c2)n1. The van der Waals surface area contributed by atoms with Crippen molar-refractivity contribution in [3.63, 3.8) is 0 Å². The first-order chi connectivity index (χ1) is 9.72. The highest BCUT2D eigenvalue weighted by Gasteiger charge is 2.09. The molecule has 0 atom stereocenters. The van der Waals surface area contributed by atoms with E-state index in [4.69, 9.17) is 21.1 Å². The van der Waals surface area contributed by atoms with Crippen LogP contribution in [-0.2, 0) is 0 Å². The maximum Gasteiger partial charge on any atom is 0.321 e. The molecule has 0 radical (unpaired) electrons. The lowest BCUT2D eigenvalue weighted by Crippen LogP contribution is -2.03. The molecule has 6 nitrogen and oxygen atoms in total. The number of hydrogen-bond acceptors (Lipinski definition) is 6. The Hall–Kier alpha value is -1.95. The minimum absolute atomic E-state index is 0.0860. The molecule has 2 rings (SSSR count). The van der Waals surface area contributed by atoms with Gasteiger partial charge in [-0.25, -0.2) is 0 Å². The van der Waals surface area contributed by atoms with E-state index >= 15 is 0 Å². The summed E-state index contributed by atoms with van der Waals surface area (Å²) >= 11 is 5.89. The van der Waals surface area contributed by atoms with Crippen LogP contribution in [0.25, 0.3) is 11.4 Å². The minimum atomic E-state index is 0.0860. The van der Waals surface area contributed by atoms with Crippen molar-refractivity contribution in [1.82, 2.24) is 19.9 Å². The van der Waals surface area contributed by atoms with Crippen LogP contribution in [0.1, 0.15) is 20.3 Å². The van der Waals surface area contributed by atoms with Gasteiger partial charge in [-0.3, -0.25) is 4.98 Å². The van der Waals surface area contributed by atoms with Crippen LogP contribution in [0.3, 0.4) is 0 Å². The Morgan fingerprint density at radius 3 is 2.70 bits per heavy atom. The molecule has 0 N–H and O–H groups in total. The fraction of sp³-hybridized carbons (Fsp3) is 0.385. The van der Waals surface area contributed by atoms with Gasteiger partial charge in [0.1, 0.15) is 5.75 Å². The monoisotopic (exact) mass is 294 g/mol. The Kier molecular flexibility index (Phi) is 5.06. The van der Waals surface area contributed by atoms with Gasteiger partial charge in [-0.2, -0.15) is 15.0 Å². The van der Waals surface area contributed by atoms with Gasteiger partial charge in [0.25, 0.3) is 0 Å². The second-order valence-electron chi connectivity index (χ2n) is 3.90. The van der Waals surface area contributed by atoms with Crippen LogP contribution in [-0.4, -0.2) is 33.1 Å². The lowest BCUT2D eigenvalue weighted by atomic mass is 10.2. The summed E-state index contributed by atoms with van der Waals surface area (Å²) in [7, 11) is 0. The summed E-state index contributed by atoms with van der Waals surface area (Å²) in [5.74, 6) is 1.06. The summed E-state index contributed by atoms with van der Waals surface area (Å²) in [4.78, 5) is 16.3. The molecule has 0 spiro atoms. The Bertz CT molecular complexity index is 580. The fourth-order valence-electron chi connectivity index (χ4n) is 1.51. The van der Waals surface area contributed by atoms with Crippen molar-refractivity contribution in [2.45, 2.75) is 20.3 Å². The lowest BCUT2D eigenvalue weighted by Gasteiger charge is -2.06. The molecular weight excluding hydrogens is 280 g/mol. The van der Waals surface area contributed by atoms with Gasteiger partial charge in [-0.1, -0.05) is 6.92 Å². The van der Waals surface area contributed by atoms with Crippen molar-refractivity contribution in [2.24, 2.45) is 0 Å². The molecule has 0 unspecified atom stereocenters. The molecule has 2 heterocycles. The van der Waals surface area contributed by atoms with E-state index in [2.05, 4.69) is 19.9 Å². The standard InChI is InChI=1S/C13H15ClN4O2/c1-3-5-20-13-17-11(16-12(14)18-13)9-6-10(19-4-2)8-15-7-9/h6-8H,3-5H2,1-2H3. The average Bonchev–Trinajstić information content (AvgIpc) is 2.45. The third-order valence-corrected chi connectivity index (χ3v) is 2.47. The van der Waals surface area contributed by atoms with E-state index in [0.29, 0.717) is 30.4 Å². The van der Waals surface area contributed by atoms with E-state index in [-0.39, 0.29) is 11.3 Å². The number of aromatic nitrogens is 4.